The van der Waals surface area contributed by atoms with Gasteiger partial charge in [-0.25, -0.2) is 14.9 Å². The standard InChI is InChI=1S/C19H18FN5OS/c1-2-4-14-5-3-6-15(17(14)26)11-21-23-18-22-19(25-24-18)27-12-13-7-9-16(20)10-8-13/h2-3,5-11,26H,1,4,12H2,(H2,22,23,24,25)/b21-11+. The molecule has 0 aliphatic heterocycles. The van der Waals surface area contributed by atoms with Gasteiger partial charge in [-0.05, 0) is 35.7 Å². The average Bonchev–Trinajstić information content (AvgIpc) is 3.12. The fraction of sp³-hybridized carbons (Fsp3) is 0.105. The number of para-hydroxylation sites is 1. The second-order valence-electron chi connectivity index (χ2n) is 5.60. The number of hydrogen-bond acceptors (Lipinski definition) is 6. The van der Waals surface area contributed by atoms with E-state index in [0.29, 0.717) is 28.8 Å². The van der Waals surface area contributed by atoms with Crippen LogP contribution in [0.2, 0.25) is 0 Å². The van der Waals surface area contributed by atoms with Gasteiger partial charge in [-0.1, -0.05) is 42.1 Å². The van der Waals surface area contributed by atoms with Crippen molar-refractivity contribution in [3.05, 3.63) is 77.6 Å². The lowest BCUT2D eigenvalue weighted by Gasteiger charge is -2.04. The number of aromatic hydroxyl groups is 1. The Morgan fingerprint density at radius 1 is 1.26 bits per heavy atom. The lowest BCUT2D eigenvalue weighted by molar-refractivity contribution is 0.469. The van der Waals surface area contributed by atoms with E-state index in [1.807, 2.05) is 12.1 Å². The van der Waals surface area contributed by atoms with Crippen LogP contribution < -0.4 is 5.43 Å². The van der Waals surface area contributed by atoms with Gasteiger partial charge >= 0.3 is 0 Å². The number of hydrazone groups is 1. The molecule has 138 valence electrons. The van der Waals surface area contributed by atoms with Crippen molar-refractivity contribution >= 4 is 23.9 Å². The first-order valence-electron chi connectivity index (χ1n) is 8.16. The molecule has 6 nitrogen and oxygen atoms in total. The molecule has 0 aliphatic rings. The summed E-state index contributed by atoms with van der Waals surface area (Å²) in [4.78, 5) is 4.27. The monoisotopic (exact) mass is 383 g/mol. The Labute approximate surface area is 160 Å². The zero-order chi connectivity index (χ0) is 19.1. The lowest BCUT2D eigenvalue weighted by Crippen LogP contribution is -1.94. The number of H-pyrrole nitrogens is 1. The van der Waals surface area contributed by atoms with Crippen molar-refractivity contribution in [2.45, 2.75) is 17.3 Å². The zero-order valence-corrected chi connectivity index (χ0v) is 15.2. The van der Waals surface area contributed by atoms with E-state index < -0.39 is 0 Å². The second kappa shape index (κ2) is 9.00. The van der Waals surface area contributed by atoms with E-state index >= 15 is 0 Å². The fourth-order valence-corrected chi connectivity index (χ4v) is 3.04. The molecule has 8 heteroatoms. The average molecular weight is 383 g/mol. The first kappa shape index (κ1) is 18.7. The summed E-state index contributed by atoms with van der Waals surface area (Å²) < 4.78 is 12.9. The van der Waals surface area contributed by atoms with Crippen LogP contribution in [-0.2, 0) is 12.2 Å². The molecule has 0 amide bonds. The van der Waals surface area contributed by atoms with Gasteiger partial charge in [-0.15, -0.1) is 11.7 Å². The predicted octanol–water partition coefficient (Wildman–Crippen LogP) is 4.12. The maximum Gasteiger partial charge on any atom is 0.240 e. The van der Waals surface area contributed by atoms with Gasteiger partial charge in [-0.3, -0.25) is 0 Å². The minimum Gasteiger partial charge on any atom is -0.507 e. The van der Waals surface area contributed by atoms with E-state index in [2.05, 4.69) is 32.3 Å². The highest BCUT2D eigenvalue weighted by molar-refractivity contribution is 7.98. The molecule has 3 rings (SSSR count). The molecule has 2 aromatic carbocycles. The van der Waals surface area contributed by atoms with Crippen molar-refractivity contribution in [3.8, 4) is 5.75 Å². The van der Waals surface area contributed by atoms with E-state index in [1.165, 1.54) is 30.1 Å². The SMILES string of the molecule is C=CCc1cccc(/C=N/Nc2nc(SCc3ccc(F)cc3)n[nH]2)c1O. The number of aromatic amines is 1. The number of anilines is 1. The highest BCUT2D eigenvalue weighted by Crippen LogP contribution is 2.22. The summed E-state index contributed by atoms with van der Waals surface area (Å²) in [7, 11) is 0. The summed E-state index contributed by atoms with van der Waals surface area (Å²) in [5.41, 5.74) is 5.10. The number of rotatable bonds is 8. The van der Waals surface area contributed by atoms with Crippen LogP contribution >= 0.6 is 11.8 Å². The molecule has 0 radical (unpaired) electrons. The molecule has 27 heavy (non-hydrogen) atoms. The van der Waals surface area contributed by atoms with Crippen LogP contribution in [0.4, 0.5) is 10.3 Å². The summed E-state index contributed by atoms with van der Waals surface area (Å²) in [6.45, 7) is 3.67. The Hall–Kier alpha value is -3.13. The van der Waals surface area contributed by atoms with Crippen LogP contribution in [0, 0.1) is 5.82 Å². The maximum atomic E-state index is 12.9. The molecule has 0 unspecified atom stereocenters. The van der Waals surface area contributed by atoms with Crippen molar-refractivity contribution in [1.29, 1.82) is 0 Å². The van der Waals surface area contributed by atoms with Crippen molar-refractivity contribution in [3.63, 3.8) is 0 Å². The van der Waals surface area contributed by atoms with E-state index in [0.717, 1.165) is 11.1 Å². The van der Waals surface area contributed by atoms with Gasteiger partial charge in [0.1, 0.15) is 11.6 Å². The van der Waals surface area contributed by atoms with Crippen LogP contribution in [-0.4, -0.2) is 26.5 Å². The van der Waals surface area contributed by atoms with E-state index in [-0.39, 0.29) is 11.6 Å². The Kier molecular flexibility index (Phi) is 6.22. The smallest absolute Gasteiger partial charge is 0.240 e. The maximum absolute atomic E-state index is 12.9. The van der Waals surface area contributed by atoms with Crippen LogP contribution in [0.5, 0.6) is 5.75 Å². The van der Waals surface area contributed by atoms with Crippen LogP contribution in [0.3, 0.4) is 0 Å². The topological polar surface area (TPSA) is 86.2 Å². The molecule has 3 N–H and O–H groups in total. The first-order chi connectivity index (χ1) is 13.2. The number of aromatic nitrogens is 3. The van der Waals surface area contributed by atoms with Crippen molar-refractivity contribution in [2.24, 2.45) is 5.10 Å². The summed E-state index contributed by atoms with van der Waals surface area (Å²) in [5.74, 6) is 0.933. The largest absolute Gasteiger partial charge is 0.507 e. The summed E-state index contributed by atoms with van der Waals surface area (Å²) >= 11 is 1.42. The van der Waals surface area contributed by atoms with Gasteiger partial charge in [0.2, 0.25) is 11.1 Å². The van der Waals surface area contributed by atoms with Gasteiger partial charge in [0.05, 0.1) is 6.21 Å². The third-order valence-corrected chi connectivity index (χ3v) is 4.55. The Morgan fingerprint density at radius 2 is 2.07 bits per heavy atom. The predicted molar refractivity (Wildman–Crippen MR) is 106 cm³/mol. The van der Waals surface area contributed by atoms with E-state index in [1.54, 1.807) is 24.3 Å². The molecule has 0 saturated carbocycles. The lowest BCUT2D eigenvalue weighted by atomic mass is 10.1. The molecular weight excluding hydrogens is 365 g/mol. The summed E-state index contributed by atoms with van der Waals surface area (Å²) in [6.07, 6.45) is 3.82. The van der Waals surface area contributed by atoms with Crippen molar-refractivity contribution in [2.75, 3.05) is 5.43 Å². The third kappa shape index (κ3) is 5.18. The Bertz CT molecular complexity index is 940. The van der Waals surface area contributed by atoms with E-state index in [4.69, 9.17) is 0 Å². The van der Waals surface area contributed by atoms with Gasteiger partial charge in [0.15, 0.2) is 0 Å². The number of benzene rings is 2. The summed E-state index contributed by atoms with van der Waals surface area (Å²) in [6, 6.07) is 11.7. The molecule has 3 aromatic rings. The van der Waals surface area contributed by atoms with Crippen LogP contribution in [0.15, 0.2) is 65.4 Å². The van der Waals surface area contributed by atoms with Gasteiger partial charge in [0.25, 0.3) is 0 Å². The van der Waals surface area contributed by atoms with E-state index in [9.17, 15) is 9.50 Å². The second-order valence-corrected chi connectivity index (χ2v) is 6.54. The third-order valence-electron chi connectivity index (χ3n) is 3.64. The molecule has 0 atom stereocenters. The van der Waals surface area contributed by atoms with Crippen molar-refractivity contribution < 1.29 is 9.50 Å². The number of phenolic OH excluding ortho intramolecular Hbond substituents is 1. The fourth-order valence-electron chi connectivity index (χ4n) is 2.29. The quantitative estimate of drug-likeness (QED) is 0.236. The molecular formula is C19H18FN5OS. The van der Waals surface area contributed by atoms with Gasteiger partial charge < -0.3 is 5.11 Å². The highest BCUT2D eigenvalue weighted by Gasteiger charge is 2.05. The summed E-state index contributed by atoms with van der Waals surface area (Å²) in [5, 5.41) is 21.6. The van der Waals surface area contributed by atoms with Crippen LogP contribution in [0.25, 0.3) is 0 Å². The minimum atomic E-state index is -0.257. The molecule has 1 aromatic heterocycles. The first-order valence-corrected chi connectivity index (χ1v) is 9.14. The number of halogens is 1. The van der Waals surface area contributed by atoms with Gasteiger partial charge in [-0.2, -0.15) is 10.1 Å². The highest BCUT2D eigenvalue weighted by atomic mass is 32.2. The number of thioether (sulfide) groups is 1. The Morgan fingerprint density at radius 3 is 2.85 bits per heavy atom. The molecule has 1 heterocycles. The normalized spacial score (nSPS) is 11.0. The molecule has 0 saturated heterocycles. The number of allylic oxidation sites excluding steroid dienone is 1. The number of phenols is 1. The van der Waals surface area contributed by atoms with Gasteiger partial charge in [0, 0.05) is 11.3 Å². The number of nitrogens with zero attached hydrogens (tertiary/aromatic N) is 3. The molecule has 0 fully saturated rings. The van der Waals surface area contributed by atoms with Crippen LogP contribution in [0.1, 0.15) is 16.7 Å². The molecule has 0 aliphatic carbocycles. The number of nitrogens with one attached hydrogen (secondary N) is 2. The number of hydrogen-bond donors (Lipinski definition) is 3. The molecule has 0 bridgehead atoms. The zero-order valence-electron chi connectivity index (χ0n) is 14.4. The minimum absolute atomic E-state index is 0.177. The molecule has 0 spiro atoms. The Balaban J connectivity index is 1.56. The van der Waals surface area contributed by atoms with Crippen molar-refractivity contribution in [1.82, 2.24) is 15.2 Å².